The van der Waals surface area contributed by atoms with Crippen molar-refractivity contribution in [3.05, 3.63) is 23.3 Å². The van der Waals surface area contributed by atoms with Crippen molar-refractivity contribution < 1.29 is 23.8 Å². The second-order valence-corrected chi connectivity index (χ2v) is 5.45. The topological polar surface area (TPSA) is 55.8 Å². The summed E-state index contributed by atoms with van der Waals surface area (Å²) in [7, 11) is 2.95. The maximum atomic E-state index is 13.2. The Hall–Kier alpha value is -1.78. The molecule has 5 heteroatoms. The summed E-state index contributed by atoms with van der Waals surface area (Å²) in [4.78, 5) is 11.9. The van der Waals surface area contributed by atoms with Gasteiger partial charge in [-0.1, -0.05) is 19.3 Å². The van der Waals surface area contributed by atoms with Gasteiger partial charge in [0.25, 0.3) is 0 Å². The van der Waals surface area contributed by atoms with E-state index in [1.807, 2.05) is 0 Å². The molecule has 21 heavy (non-hydrogen) atoms. The first-order valence-electron chi connectivity index (χ1n) is 7.14. The second-order valence-electron chi connectivity index (χ2n) is 5.45. The van der Waals surface area contributed by atoms with E-state index in [9.17, 15) is 14.3 Å². The smallest absolute Gasteiger partial charge is 0.314 e. The van der Waals surface area contributed by atoms with E-state index in [1.54, 1.807) is 12.1 Å². The van der Waals surface area contributed by atoms with Crippen LogP contribution in [0.3, 0.4) is 0 Å². The molecule has 1 N–H and O–H groups in total. The summed E-state index contributed by atoms with van der Waals surface area (Å²) >= 11 is 0. The van der Waals surface area contributed by atoms with Gasteiger partial charge < -0.3 is 14.6 Å². The first-order valence-corrected chi connectivity index (χ1v) is 7.14. The molecule has 1 aromatic carbocycles. The van der Waals surface area contributed by atoms with Gasteiger partial charge >= 0.3 is 5.97 Å². The highest BCUT2D eigenvalue weighted by Gasteiger charge is 2.43. The fraction of sp³-hybridized carbons (Fsp3) is 0.562. The molecule has 4 nitrogen and oxygen atoms in total. The van der Waals surface area contributed by atoms with Crippen molar-refractivity contribution in [2.45, 2.75) is 44.2 Å². The van der Waals surface area contributed by atoms with E-state index in [4.69, 9.17) is 9.47 Å². The molecule has 1 aromatic rings. The molecular formula is C16H21FO4. The highest BCUT2D eigenvalue weighted by Crippen LogP contribution is 2.45. The second kappa shape index (κ2) is 6.33. The average Bonchev–Trinajstić information content (AvgIpc) is 2.53. The molecule has 0 amide bonds. The first-order chi connectivity index (χ1) is 10.1. The molecule has 1 fully saturated rings. The molecule has 0 aliphatic heterocycles. The Morgan fingerprint density at radius 2 is 1.81 bits per heavy atom. The van der Waals surface area contributed by atoms with Gasteiger partial charge in [-0.05, 0) is 18.9 Å². The van der Waals surface area contributed by atoms with Gasteiger partial charge in [-0.3, -0.25) is 4.79 Å². The quantitative estimate of drug-likeness (QED) is 0.904. The van der Waals surface area contributed by atoms with E-state index in [0.717, 1.165) is 19.3 Å². The van der Waals surface area contributed by atoms with Gasteiger partial charge in [0, 0.05) is 17.2 Å². The number of benzene rings is 1. The van der Waals surface area contributed by atoms with Crippen LogP contribution < -0.4 is 9.47 Å². The van der Waals surface area contributed by atoms with E-state index in [1.165, 1.54) is 14.2 Å². The van der Waals surface area contributed by atoms with E-state index >= 15 is 0 Å². The lowest BCUT2D eigenvalue weighted by Crippen LogP contribution is -2.38. The van der Waals surface area contributed by atoms with E-state index in [2.05, 4.69) is 0 Å². The Balaban J connectivity index is 2.61. The third-order valence-corrected chi connectivity index (χ3v) is 4.38. The number of alkyl halides is 1. The zero-order chi connectivity index (χ0) is 15.5. The number of rotatable bonds is 5. The van der Waals surface area contributed by atoms with Gasteiger partial charge in [-0.2, -0.15) is 0 Å². The largest absolute Gasteiger partial charge is 0.496 e. The van der Waals surface area contributed by atoms with Crippen molar-refractivity contribution in [1.82, 2.24) is 0 Å². The molecule has 116 valence electrons. The van der Waals surface area contributed by atoms with Gasteiger partial charge in [0.1, 0.15) is 18.2 Å². The van der Waals surface area contributed by atoms with Crippen LogP contribution in [0.5, 0.6) is 11.5 Å². The number of methoxy groups -OCH3 is 2. The molecule has 0 unspecified atom stereocenters. The van der Waals surface area contributed by atoms with E-state index < -0.39 is 18.1 Å². The molecular weight excluding hydrogens is 275 g/mol. The third-order valence-electron chi connectivity index (χ3n) is 4.38. The standard InChI is InChI=1S/C16H21FO4/c1-20-13-9-14(21-2)12(8-11(13)10-17)16(15(18)19)6-4-3-5-7-16/h8-9H,3-7,10H2,1-2H3,(H,18,19). The van der Waals surface area contributed by atoms with Gasteiger partial charge in [0.15, 0.2) is 0 Å². The monoisotopic (exact) mass is 296 g/mol. The summed E-state index contributed by atoms with van der Waals surface area (Å²) in [6.07, 6.45) is 3.84. The minimum Gasteiger partial charge on any atom is -0.496 e. The zero-order valence-corrected chi connectivity index (χ0v) is 12.4. The summed E-state index contributed by atoms with van der Waals surface area (Å²) < 4.78 is 23.7. The summed E-state index contributed by atoms with van der Waals surface area (Å²) in [5, 5.41) is 9.77. The summed E-state index contributed by atoms with van der Waals surface area (Å²) in [5.74, 6) is -0.0294. The number of aliphatic carboxylic acids is 1. The number of carboxylic acid groups (broad SMARTS) is 1. The van der Waals surface area contributed by atoms with Gasteiger partial charge in [0.2, 0.25) is 0 Å². The highest BCUT2D eigenvalue weighted by atomic mass is 19.1. The van der Waals surface area contributed by atoms with E-state index in [0.29, 0.717) is 35.5 Å². The molecule has 1 aliphatic carbocycles. The number of carboxylic acids is 1. The number of ether oxygens (including phenoxy) is 2. The molecule has 2 rings (SSSR count). The van der Waals surface area contributed by atoms with Crippen molar-refractivity contribution in [3.8, 4) is 11.5 Å². The Morgan fingerprint density at radius 1 is 1.19 bits per heavy atom. The van der Waals surface area contributed by atoms with Crippen LogP contribution in [-0.2, 0) is 16.9 Å². The Labute approximate surface area is 123 Å². The lowest BCUT2D eigenvalue weighted by molar-refractivity contribution is -0.145. The van der Waals surface area contributed by atoms with Crippen LogP contribution in [0.15, 0.2) is 12.1 Å². The van der Waals surface area contributed by atoms with Crippen molar-refractivity contribution in [3.63, 3.8) is 0 Å². The third kappa shape index (κ3) is 2.69. The maximum absolute atomic E-state index is 13.2. The van der Waals surface area contributed by atoms with E-state index in [-0.39, 0.29) is 0 Å². The first kappa shape index (κ1) is 15.6. The fourth-order valence-electron chi connectivity index (χ4n) is 3.20. The lowest BCUT2D eigenvalue weighted by Gasteiger charge is -2.35. The number of hydrogen-bond acceptors (Lipinski definition) is 3. The summed E-state index contributed by atoms with van der Waals surface area (Å²) in [5.41, 5.74) is -0.0649. The van der Waals surface area contributed by atoms with Crippen LogP contribution >= 0.6 is 0 Å². The predicted octanol–water partition coefficient (Wildman–Crippen LogP) is 3.46. The van der Waals surface area contributed by atoms with Crippen LogP contribution in [0.2, 0.25) is 0 Å². The number of hydrogen-bond donors (Lipinski definition) is 1. The lowest BCUT2D eigenvalue weighted by atomic mass is 9.69. The molecule has 0 atom stereocenters. The molecule has 0 heterocycles. The van der Waals surface area contributed by atoms with Gasteiger partial charge in [0.05, 0.1) is 19.6 Å². The average molecular weight is 296 g/mol. The minimum atomic E-state index is -0.986. The van der Waals surface area contributed by atoms with Crippen LogP contribution in [0.25, 0.3) is 0 Å². The summed E-state index contributed by atoms with van der Waals surface area (Å²) in [6, 6.07) is 3.18. The number of carbonyl (C=O) groups is 1. The molecule has 1 aliphatic rings. The van der Waals surface area contributed by atoms with Crippen LogP contribution in [0.4, 0.5) is 4.39 Å². The molecule has 0 aromatic heterocycles. The molecule has 0 bridgehead atoms. The Kier molecular flexibility index (Phi) is 4.70. The Morgan fingerprint density at radius 3 is 2.29 bits per heavy atom. The SMILES string of the molecule is COc1cc(OC)c(C2(C(=O)O)CCCCC2)cc1CF. The Bertz CT molecular complexity index is 521. The van der Waals surface area contributed by atoms with Crippen LogP contribution in [0.1, 0.15) is 43.2 Å². The maximum Gasteiger partial charge on any atom is 0.314 e. The normalized spacial score (nSPS) is 17.3. The van der Waals surface area contributed by atoms with Crippen molar-refractivity contribution in [1.29, 1.82) is 0 Å². The highest BCUT2D eigenvalue weighted by molar-refractivity contribution is 5.83. The number of halogens is 1. The van der Waals surface area contributed by atoms with Gasteiger partial charge in [-0.25, -0.2) is 4.39 Å². The van der Waals surface area contributed by atoms with Crippen LogP contribution in [-0.4, -0.2) is 25.3 Å². The zero-order valence-electron chi connectivity index (χ0n) is 12.4. The molecule has 0 radical (unpaired) electrons. The van der Waals surface area contributed by atoms with Gasteiger partial charge in [-0.15, -0.1) is 0 Å². The molecule has 1 saturated carbocycles. The molecule has 0 spiro atoms. The minimum absolute atomic E-state index is 0.361. The summed E-state index contributed by atoms with van der Waals surface area (Å²) in [6.45, 7) is -0.699. The van der Waals surface area contributed by atoms with Crippen molar-refractivity contribution in [2.75, 3.05) is 14.2 Å². The van der Waals surface area contributed by atoms with Crippen molar-refractivity contribution >= 4 is 5.97 Å². The predicted molar refractivity (Wildman–Crippen MR) is 76.8 cm³/mol. The van der Waals surface area contributed by atoms with Crippen molar-refractivity contribution in [2.24, 2.45) is 0 Å². The fourth-order valence-corrected chi connectivity index (χ4v) is 3.20. The van der Waals surface area contributed by atoms with Crippen LogP contribution in [0, 0.1) is 0 Å². The molecule has 0 saturated heterocycles.